The SMILES string of the molecule is C=C(C)CC(NC)C1CCCC(C)C1. The van der Waals surface area contributed by atoms with Crippen LogP contribution in [0.15, 0.2) is 12.2 Å². The topological polar surface area (TPSA) is 12.0 Å². The molecule has 0 aliphatic heterocycles. The smallest absolute Gasteiger partial charge is 0.0129 e. The maximum Gasteiger partial charge on any atom is 0.0129 e. The van der Waals surface area contributed by atoms with Crippen LogP contribution in [-0.2, 0) is 0 Å². The van der Waals surface area contributed by atoms with Crippen molar-refractivity contribution in [1.82, 2.24) is 5.32 Å². The van der Waals surface area contributed by atoms with E-state index in [9.17, 15) is 0 Å². The predicted octanol–water partition coefficient (Wildman–Crippen LogP) is 3.37. The van der Waals surface area contributed by atoms with Gasteiger partial charge in [0.2, 0.25) is 0 Å². The van der Waals surface area contributed by atoms with Gasteiger partial charge in [-0.1, -0.05) is 25.3 Å². The van der Waals surface area contributed by atoms with Crippen LogP contribution >= 0.6 is 0 Å². The van der Waals surface area contributed by atoms with E-state index in [-0.39, 0.29) is 0 Å². The van der Waals surface area contributed by atoms with Gasteiger partial charge >= 0.3 is 0 Å². The molecule has 82 valence electrons. The van der Waals surface area contributed by atoms with Gasteiger partial charge in [0.1, 0.15) is 0 Å². The molecule has 1 nitrogen and oxygen atoms in total. The van der Waals surface area contributed by atoms with Crippen LogP contribution < -0.4 is 5.32 Å². The van der Waals surface area contributed by atoms with E-state index >= 15 is 0 Å². The fourth-order valence-corrected chi connectivity index (χ4v) is 2.73. The summed E-state index contributed by atoms with van der Waals surface area (Å²) in [5, 5.41) is 3.46. The van der Waals surface area contributed by atoms with Crippen LogP contribution in [0.5, 0.6) is 0 Å². The van der Waals surface area contributed by atoms with E-state index < -0.39 is 0 Å². The highest BCUT2D eigenvalue weighted by Gasteiger charge is 2.25. The third kappa shape index (κ3) is 3.45. The fraction of sp³-hybridized carbons (Fsp3) is 0.846. The van der Waals surface area contributed by atoms with Crippen LogP contribution in [0.2, 0.25) is 0 Å². The normalized spacial score (nSPS) is 29.9. The van der Waals surface area contributed by atoms with Gasteiger partial charge in [0.15, 0.2) is 0 Å². The molecule has 1 aliphatic rings. The van der Waals surface area contributed by atoms with E-state index in [0.717, 1.165) is 18.3 Å². The van der Waals surface area contributed by atoms with Crippen molar-refractivity contribution >= 4 is 0 Å². The van der Waals surface area contributed by atoms with Crippen molar-refractivity contribution in [3.8, 4) is 0 Å². The van der Waals surface area contributed by atoms with E-state index in [0.29, 0.717) is 6.04 Å². The lowest BCUT2D eigenvalue weighted by molar-refractivity contribution is 0.227. The van der Waals surface area contributed by atoms with E-state index in [2.05, 4.69) is 32.8 Å². The minimum atomic E-state index is 0.662. The molecule has 0 amide bonds. The first-order valence-corrected chi connectivity index (χ1v) is 5.95. The van der Waals surface area contributed by atoms with Crippen LogP contribution in [0.1, 0.15) is 46.0 Å². The standard InChI is InChI=1S/C13H25N/c1-10(2)8-13(14-4)12-7-5-6-11(3)9-12/h11-14H,1,5-9H2,2-4H3. The monoisotopic (exact) mass is 195 g/mol. The Hall–Kier alpha value is -0.300. The summed E-state index contributed by atoms with van der Waals surface area (Å²) < 4.78 is 0. The summed E-state index contributed by atoms with van der Waals surface area (Å²) in [4.78, 5) is 0. The van der Waals surface area contributed by atoms with Crippen molar-refractivity contribution in [3.05, 3.63) is 12.2 Å². The number of rotatable bonds is 4. The average molecular weight is 195 g/mol. The number of hydrogen-bond donors (Lipinski definition) is 1. The molecule has 0 aromatic carbocycles. The van der Waals surface area contributed by atoms with E-state index in [1.807, 2.05) is 0 Å². The van der Waals surface area contributed by atoms with Gasteiger partial charge in [-0.3, -0.25) is 0 Å². The van der Waals surface area contributed by atoms with Crippen molar-refractivity contribution in [3.63, 3.8) is 0 Å². The molecule has 0 aromatic rings. The Labute approximate surface area is 89.0 Å². The van der Waals surface area contributed by atoms with E-state index in [1.54, 1.807) is 0 Å². The molecule has 1 fully saturated rings. The highest BCUT2D eigenvalue weighted by Crippen LogP contribution is 2.32. The van der Waals surface area contributed by atoms with Gasteiger partial charge in [-0.05, 0) is 45.1 Å². The van der Waals surface area contributed by atoms with Gasteiger partial charge in [-0.25, -0.2) is 0 Å². The Morgan fingerprint density at radius 2 is 2.21 bits per heavy atom. The van der Waals surface area contributed by atoms with Crippen LogP contribution in [0.25, 0.3) is 0 Å². The van der Waals surface area contributed by atoms with Gasteiger partial charge in [0.25, 0.3) is 0 Å². The molecule has 14 heavy (non-hydrogen) atoms. The Morgan fingerprint density at radius 3 is 2.71 bits per heavy atom. The first-order chi connectivity index (χ1) is 6.63. The maximum absolute atomic E-state index is 4.02. The van der Waals surface area contributed by atoms with Crippen LogP contribution in [0.3, 0.4) is 0 Å². The molecule has 0 aromatic heterocycles. The molecule has 1 N–H and O–H groups in total. The Kier molecular flexibility index (Phi) is 4.67. The van der Waals surface area contributed by atoms with E-state index in [4.69, 9.17) is 0 Å². The zero-order valence-corrected chi connectivity index (χ0v) is 9.97. The summed E-state index contributed by atoms with van der Waals surface area (Å²) in [6.07, 6.45) is 6.80. The molecule has 3 unspecified atom stereocenters. The second kappa shape index (κ2) is 5.55. The lowest BCUT2D eigenvalue weighted by atomic mass is 9.77. The lowest BCUT2D eigenvalue weighted by Gasteiger charge is -2.33. The minimum absolute atomic E-state index is 0.662. The van der Waals surface area contributed by atoms with Gasteiger partial charge in [0.05, 0.1) is 0 Å². The third-order valence-corrected chi connectivity index (χ3v) is 3.49. The molecule has 1 aliphatic carbocycles. The van der Waals surface area contributed by atoms with Gasteiger partial charge in [-0.15, -0.1) is 6.58 Å². The predicted molar refractivity (Wildman–Crippen MR) is 63.4 cm³/mol. The summed E-state index contributed by atoms with van der Waals surface area (Å²) in [6, 6.07) is 0.662. The zero-order valence-electron chi connectivity index (χ0n) is 9.97. The Bertz CT molecular complexity index is 186. The summed E-state index contributed by atoms with van der Waals surface area (Å²) in [7, 11) is 2.09. The summed E-state index contributed by atoms with van der Waals surface area (Å²) >= 11 is 0. The molecular formula is C13H25N. The fourth-order valence-electron chi connectivity index (χ4n) is 2.73. The quantitative estimate of drug-likeness (QED) is 0.678. The summed E-state index contributed by atoms with van der Waals surface area (Å²) in [5.74, 6) is 1.80. The van der Waals surface area contributed by atoms with Gasteiger partial charge < -0.3 is 5.32 Å². The second-order valence-corrected chi connectivity index (χ2v) is 5.09. The highest BCUT2D eigenvalue weighted by atomic mass is 14.9. The van der Waals surface area contributed by atoms with Crippen LogP contribution in [-0.4, -0.2) is 13.1 Å². The first-order valence-electron chi connectivity index (χ1n) is 5.95. The van der Waals surface area contributed by atoms with Crippen molar-refractivity contribution in [2.45, 2.75) is 52.0 Å². The summed E-state index contributed by atoms with van der Waals surface area (Å²) in [6.45, 7) is 8.54. The molecule has 0 saturated heterocycles. The number of nitrogens with one attached hydrogen (secondary N) is 1. The average Bonchev–Trinajstić information content (AvgIpc) is 2.14. The van der Waals surface area contributed by atoms with Crippen LogP contribution in [0, 0.1) is 11.8 Å². The van der Waals surface area contributed by atoms with Crippen LogP contribution in [0.4, 0.5) is 0 Å². The largest absolute Gasteiger partial charge is 0.316 e. The highest BCUT2D eigenvalue weighted by molar-refractivity contribution is 4.95. The molecule has 0 bridgehead atoms. The van der Waals surface area contributed by atoms with Crippen molar-refractivity contribution in [2.75, 3.05) is 7.05 Å². The third-order valence-electron chi connectivity index (χ3n) is 3.49. The molecule has 0 radical (unpaired) electrons. The van der Waals surface area contributed by atoms with Crippen molar-refractivity contribution in [1.29, 1.82) is 0 Å². The minimum Gasteiger partial charge on any atom is -0.316 e. The first kappa shape index (κ1) is 11.8. The Morgan fingerprint density at radius 1 is 1.50 bits per heavy atom. The zero-order chi connectivity index (χ0) is 10.6. The molecule has 1 saturated carbocycles. The molecule has 1 rings (SSSR count). The summed E-state index contributed by atoms with van der Waals surface area (Å²) in [5.41, 5.74) is 1.31. The van der Waals surface area contributed by atoms with Gasteiger partial charge in [-0.2, -0.15) is 0 Å². The number of hydrogen-bond acceptors (Lipinski definition) is 1. The Balaban J connectivity index is 2.46. The molecular weight excluding hydrogens is 170 g/mol. The van der Waals surface area contributed by atoms with E-state index in [1.165, 1.54) is 31.3 Å². The molecule has 3 atom stereocenters. The molecule has 0 spiro atoms. The molecule has 0 heterocycles. The maximum atomic E-state index is 4.02. The van der Waals surface area contributed by atoms with Gasteiger partial charge in [0, 0.05) is 6.04 Å². The van der Waals surface area contributed by atoms with Crippen molar-refractivity contribution < 1.29 is 0 Å². The van der Waals surface area contributed by atoms with Crippen molar-refractivity contribution in [2.24, 2.45) is 11.8 Å². The lowest BCUT2D eigenvalue weighted by Crippen LogP contribution is -2.36. The second-order valence-electron chi connectivity index (χ2n) is 5.09. The molecule has 1 heteroatoms.